The number of benzene rings is 1. The van der Waals surface area contributed by atoms with E-state index in [9.17, 15) is 0 Å². The first-order valence-electron chi connectivity index (χ1n) is 8.64. The fraction of sp³-hybridized carbons (Fsp3) is 0.421. The van der Waals surface area contributed by atoms with E-state index < -0.39 is 0 Å². The van der Waals surface area contributed by atoms with Gasteiger partial charge in [-0.3, -0.25) is 0 Å². The third-order valence-electron chi connectivity index (χ3n) is 3.54. The normalized spacial score (nSPS) is 11.1. The zero-order valence-corrected chi connectivity index (χ0v) is 19.0. The Bertz CT molecular complexity index is 618. The van der Waals surface area contributed by atoms with Crippen LogP contribution in [-0.4, -0.2) is 32.3 Å². The predicted molar refractivity (Wildman–Crippen MR) is 120 cm³/mol. The van der Waals surface area contributed by atoms with Gasteiger partial charge in [-0.05, 0) is 43.2 Å². The van der Waals surface area contributed by atoms with Gasteiger partial charge in [0.15, 0.2) is 5.96 Å². The van der Waals surface area contributed by atoms with Crippen molar-refractivity contribution >= 4 is 45.9 Å². The Balaban J connectivity index is 0.00000338. The van der Waals surface area contributed by atoms with E-state index in [-0.39, 0.29) is 24.0 Å². The standard InChI is InChI=1S/C19H26BrN3O2.HI/c1-2-24-13-4-11-21-19(22-12-10-18-5-3-14-25-18)23-15-16-6-8-17(20)9-7-16;/h3,5-9,14H,2,4,10-13,15H2,1H3,(H2,21,22,23);1H. The van der Waals surface area contributed by atoms with E-state index in [0.717, 1.165) is 55.3 Å². The van der Waals surface area contributed by atoms with Gasteiger partial charge in [0.2, 0.25) is 0 Å². The van der Waals surface area contributed by atoms with Crippen LogP contribution >= 0.6 is 39.9 Å². The molecule has 26 heavy (non-hydrogen) atoms. The molecule has 5 nitrogen and oxygen atoms in total. The third-order valence-corrected chi connectivity index (χ3v) is 4.07. The van der Waals surface area contributed by atoms with Gasteiger partial charge in [0.1, 0.15) is 5.76 Å². The Morgan fingerprint density at radius 1 is 1.15 bits per heavy atom. The molecule has 0 unspecified atom stereocenters. The van der Waals surface area contributed by atoms with Crippen molar-refractivity contribution in [2.45, 2.75) is 26.3 Å². The number of halogens is 2. The van der Waals surface area contributed by atoms with Crippen LogP contribution in [0.25, 0.3) is 0 Å². The number of guanidine groups is 1. The number of rotatable bonds is 10. The zero-order chi connectivity index (χ0) is 17.7. The van der Waals surface area contributed by atoms with Crippen LogP contribution < -0.4 is 10.6 Å². The molecule has 1 aromatic heterocycles. The summed E-state index contributed by atoms with van der Waals surface area (Å²) in [6, 6.07) is 12.1. The summed E-state index contributed by atoms with van der Waals surface area (Å²) < 4.78 is 11.8. The van der Waals surface area contributed by atoms with E-state index in [0.29, 0.717) is 6.54 Å². The van der Waals surface area contributed by atoms with Crippen molar-refractivity contribution in [3.8, 4) is 0 Å². The molecule has 0 saturated carbocycles. The van der Waals surface area contributed by atoms with Gasteiger partial charge in [-0.2, -0.15) is 0 Å². The van der Waals surface area contributed by atoms with Crippen molar-refractivity contribution in [3.05, 3.63) is 58.5 Å². The first-order valence-corrected chi connectivity index (χ1v) is 9.44. The first-order chi connectivity index (χ1) is 12.3. The van der Waals surface area contributed by atoms with Crippen LogP contribution in [0.3, 0.4) is 0 Å². The third kappa shape index (κ3) is 9.59. The molecule has 0 radical (unpaired) electrons. The van der Waals surface area contributed by atoms with E-state index >= 15 is 0 Å². The molecular formula is C19H27BrIN3O2. The van der Waals surface area contributed by atoms with Gasteiger partial charge in [0.05, 0.1) is 12.8 Å². The van der Waals surface area contributed by atoms with Crippen LogP contribution in [0.1, 0.15) is 24.7 Å². The maximum atomic E-state index is 5.37. The SMILES string of the molecule is CCOCCCNC(=NCc1ccc(Br)cc1)NCCc1ccco1.I. The van der Waals surface area contributed by atoms with Crippen LogP contribution in [0.4, 0.5) is 0 Å². The number of aliphatic imine (C=N–C) groups is 1. The van der Waals surface area contributed by atoms with Gasteiger partial charge in [0, 0.05) is 37.2 Å². The lowest BCUT2D eigenvalue weighted by Gasteiger charge is -2.12. The highest BCUT2D eigenvalue weighted by Crippen LogP contribution is 2.11. The van der Waals surface area contributed by atoms with E-state index in [1.807, 2.05) is 31.2 Å². The highest BCUT2D eigenvalue weighted by atomic mass is 127. The maximum absolute atomic E-state index is 5.37. The molecule has 0 aliphatic rings. The summed E-state index contributed by atoms with van der Waals surface area (Å²) >= 11 is 3.45. The van der Waals surface area contributed by atoms with Gasteiger partial charge < -0.3 is 19.8 Å². The van der Waals surface area contributed by atoms with E-state index in [2.05, 4.69) is 43.7 Å². The fourth-order valence-electron chi connectivity index (χ4n) is 2.22. The highest BCUT2D eigenvalue weighted by molar-refractivity contribution is 14.0. The Hall–Kier alpha value is -1.06. The van der Waals surface area contributed by atoms with Crippen molar-refractivity contribution < 1.29 is 9.15 Å². The lowest BCUT2D eigenvalue weighted by molar-refractivity contribution is 0.145. The number of ether oxygens (including phenoxy) is 1. The minimum atomic E-state index is 0. The Morgan fingerprint density at radius 3 is 2.62 bits per heavy atom. The number of furan rings is 1. The van der Waals surface area contributed by atoms with Gasteiger partial charge in [-0.15, -0.1) is 24.0 Å². The van der Waals surface area contributed by atoms with Gasteiger partial charge >= 0.3 is 0 Å². The molecule has 2 rings (SSSR count). The largest absolute Gasteiger partial charge is 0.469 e. The van der Waals surface area contributed by atoms with E-state index in [1.165, 1.54) is 5.56 Å². The molecule has 1 aromatic carbocycles. The van der Waals surface area contributed by atoms with Crippen molar-refractivity contribution in [2.24, 2.45) is 4.99 Å². The molecular weight excluding hydrogens is 509 g/mol. The summed E-state index contributed by atoms with van der Waals surface area (Å²) in [5.74, 6) is 1.78. The number of nitrogens with zero attached hydrogens (tertiary/aromatic N) is 1. The smallest absolute Gasteiger partial charge is 0.191 e. The summed E-state index contributed by atoms with van der Waals surface area (Å²) in [5, 5.41) is 6.72. The quantitative estimate of drug-likeness (QED) is 0.205. The minimum absolute atomic E-state index is 0. The van der Waals surface area contributed by atoms with Crippen LogP contribution in [0, 0.1) is 0 Å². The van der Waals surface area contributed by atoms with Gasteiger partial charge in [-0.1, -0.05) is 28.1 Å². The van der Waals surface area contributed by atoms with E-state index in [1.54, 1.807) is 6.26 Å². The molecule has 7 heteroatoms. The lowest BCUT2D eigenvalue weighted by atomic mass is 10.2. The fourth-order valence-corrected chi connectivity index (χ4v) is 2.48. The van der Waals surface area contributed by atoms with Crippen molar-refractivity contribution in [1.29, 1.82) is 0 Å². The Kier molecular flexibility index (Phi) is 12.4. The molecule has 0 saturated heterocycles. The van der Waals surface area contributed by atoms with E-state index in [4.69, 9.17) is 9.15 Å². The molecule has 0 spiro atoms. The molecule has 2 aromatic rings. The van der Waals surface area contributed by atoms with Crippen LogP contribution in [0.2, 0.25) is 0 Å². The molecule has 144 valence electrons. The summed E-state index contributed by atoms with van der Waals surface area (Å²) in [6.07, 6.45) is 3.47. The average Bonchev–Trinajstić information content (AvgIpc) is 3.13. The second-order valence-corrected chi connectivity index (χ2v) is 6.44. The van der Waals surface area contributed by atoms with Crippen LogP contribution in [-0.2, 0) is 17.7 Å². The van der Waals surface area contributed by atoms with Gasteiger partial charge in [0.25, 0.3) is 0 Å². The Labute approximate surface area is 181 Å². The molecule has 0 aliphatic carbocycles. The van der Waals surface area contributed by atoms with Crippen LogP contribution in [0.15, 0.2) is 56.5 Å². The molecule has 0 aliphatic heterocycles. The van der Waals surface area contributed by atoms with Crippen molar-refractivity contribution in [2.75, 3.05) is 26.3 Å². The first kappa shape index (κ1) is 23.0. The summed E-state index contributed by atoms with van der Waals surface area (Å²) in [5.41, 5.74) is 1.17. The molecule has 0 amide bonds. The predicted octanol–water partition coefficient (Wildman–Crippen LogP) is 4.36. The molecule has 1 heterocycles. The monoisotopic (exact) mass is 535 g/mol. The zero-order valence-electron chi connectivity index (χ0n) is 15.0. The number of hydrogen-bond acceptors (Lipinski definition) is 3. The van der Waals surface area contributed by atoms with Crippen molar-refractivity contribution in [1.82, 2.24) is 10.6 Å². The van der Waals surface area contributed by atoms with Crippen LogP contribution in [0.5, 0.6) is 0 Å². The highest BCUT2D eigenvalue weighted by Gasteiger charge is 2.01. The maximum Gasteiger partial charge on any atom is 0.191 e. The molecule has 0 atom stereocenters. The summed E-state index contributed by atoms with van der Waals surface area (Å²) in [6.45, 7) is 5.75. The topological polar surface area (TPSA) is 58.8 Å². The minimum Gasteiger partial charge on any atom is -0.469 e. The summed E-state index contributed by atoms with van der Waals surface area (Å²) in [4.78, 5) is 4.67. The average molecular weight is 536 g/mol. The lowest BCUT2D eigenvalue weighted by Crippen LogP contribution is -2.39. The number of nitrogens with one attached hydrogen (secondary N) is 2. The second-order valence-electron chi connectivity index (χ2n) is 5.52. The summed E-state index contributed by atoms with van der Waals surface area (Å²) in [7, 11) is 0. The van der Waals surface area contributed by atoms with Gasteiger partial charge in [-0.25, -0.2) is 4.99 Å². The second kappa shape index (κ2) is 14.1. The Morgan fingerprint density at radius 2 is 1.92 bits per heavy atom. The molecule has 2 N–H and O–H groups in total. The molecule has 0 bridgehead atoms. The number of hydrogen-bond donors (Lipinski definition) is 2. The molecule has 0 fully saturated rings. The van der Waals surface area contributed by atoms with Crippen molar-refractivity contribution in [3.63, 3.8) is 0 Å².